The summed E-state index contributed by atoms with van der Waals surface area (Å²) in [6.45, 7) is 8.05. The molecule has 0 radical (unpaired) electrons. The molecule has 0 aliphatic carbocycles. The summed E-state index contributed by atoms with van der Waals surface area (Å²) in [6, 6.07) is 0.326. The fourth-order valence-electron chi connectivity index (χ4n) is 1.47. The number of aromatic nitrogens is 3. The summed E-state index contributed by atoms with van der Waals surface area (Å²) in [5.41, 5.74) is 0. The summed E-state index contributed by atoms with van der Waals surface area (Å²) < 4.78 is 5.04. The first kappa shape index (κ1) is 14.5. The predicted molar refractivity (Wildman–Crippen MR) is 73.1 cm³/mol. The SMILES string of the molecule is CCNc1nc(NCCCC(C)C)nc(OC)n1. The third-order valence-corrected chi connectivity index (χ3v) is 2.37. The normalized spacial score (nSPS) is 10.5. The number of ether oxygens (including phenoxy) is 1. The van der Waals surface area contributed by atoms with Gasteiger partial charge in [-0.2, -0.15) is 15.0 Å². The quantitative estimate of drug-likeness (QED) is 0.692. The standard InChI is InChI=1S/C12H23N5O/c1-5-13-10-15-11(17-12(16-10)18-4)14-8-6-7-9(2)3/h9H,5-8H2,1-4H3,(H2,13,14,15,16,17). The molecule has 0 bridgehead atoms. The number of methoxy groups -OCH3 is 1. The lowest BCUT2D eigenvalue weighted by Crippen LogP contribution is -2.11. The van der Waals surface area contributed by atoms with Gasteiger partial charge >= 0.3 is 6.01 Å². The second-order valence-electron chi connectivity index (χ2n) is 4.46. The Morgan fingerprint density at radius 2 is 1.78 bits per heavy atom. The van der Waals surface area contributed by atoms with Gasteiger partial charge in [-0.1, -0.05) is 13.8 Å². The van der Waals surface area contributed by atoms with E-state index in [0.717, 1.165) is 25.4 Å². The smallest absolute Gasteiger partial charge is 0.322 e. The highest BCUT2D eigenvalue weighted by Gasteiger charge is 2.05. The lowest BCUT2D eigenvalue weighted by Gasteiger charge is -2.09. The lowest BCUT2D eigenvalue weighted by atomic mass is 10.1. The van der Waals surface area contributed by atoms with Crippen molar-refractivity contribution in [3.05, 3.63) is 0 Å². The van der Waals surface area contributed by atoms with Crippen molar-refractivity contribution in [1.82, 2.24) is 15.0 Å². The molecule has 0 aromatic carbocycles. The van der Waals surface area contributed by atoms with Crippen molar-refractivity contribution in [2.24, 2.45) is 5.92 Å². The van der Waals surface area contributed by atoms with E-state index >= 15 is 0 Å². The maximum Gasteiger partial charge on any atom is 0.322 e. The lowest BCUT2D eigenvalue weighted by molar-refractivity contribution is 0.379. The molecule has 0 saturated heterocycles. The molecule has 0 fully saturated rings. The Balaban J connectivity index is 2.55. The molecule has 1 heterocycles. The van der Waals surface area contributed by atoms with Crippen LogP contribution in [0.5, 0.6) is 6.01 Å². The molecule has 1 rings (SSSR count). The Kier molecular flexibility index (Phi) is 6.18. The number of nitrogens with zero attached hydrogens (tertiary/aromatic N) is 3. The molecule has 0 saturated carbocycles. The van der Waals surface area contributed by atoms with Crippen LogP contribution in [-0.2, 0) is 0 Å². The van der Waals surface area contributed by atoms with E-state index in [1.165, 1.54) is 6.42 Å². The number of nitrogens with one attached hydrogen (secondary N) is 2. The van der Waals surface area contributed by atoms with Gasteiger partial charge in [-0.25, -0.2) is 0 Å². The van der Waals surface area contributed by atoms with Crippen molar-refractivity contribution < 1.29 is 4.74 Å². The van der Waals surface area contributed by atoms with Crippen LogP contribution in [0.25, 0.3) is 0 Å². The molecule has 0 aliphatic heterocycles. The van der Waals surface area contributed by atoms with Crippen LogP contribution in [0.3, 0.4) is 0 Å². The summed E-state index contributed by atoms with van der Waals surface area (Å²) in [7, 11) is 1.55. The Morgan fingerprint density at radius 3 is 2.33 bits per heavy atom. The van der Waals surface area contributed by atoms with E-state index in [0.29, 0.717) is 17.9 Å². The number of hydrogen-bond acceptors (Lipinski definition) is 6. The van der Waals surface area contributed by atoms with E-state index < -0.39 is 0 Å². The highest BCUT2D eigenvalue weighted by Crippen LogP contribution is 2.11. The van der Waals surface area contributed by atoms with Crippen LogP contribution in [0.15, 0.2) is 0 Å². The minimum atomic E-state index is 0.326. The molecular weight excluding hydrogens is 230 g/mol. The summed E-state index contributed by atoms with van der Waals surface area (Å²) in [6.07, 6.45) is 2.29. The van der Waals surface area contributed by atoms with Gasteiger partial charge in [-0.05, 0) is 25.7 Å². The van der Waals surface area contributed by atoms with Crippen molar-refractivity contribution in [2.45, 2.75) is 33.6 Å². The van der Waals surface area contributed by atoms with Crippen molar-refractivity contribution in [3.8, 4) is 6.01 Å². The largest absolute Gasteiger partial charge is 0.467 e. The molecule has 0 unspecified atom stereocenters. The molecule has 0 atom stereocenters. The molecule has 6 nitrogen and oxygen atoms in total. The van der Waals surface area contributed by atoms with Crippen molar-refractivity contribution >= 4 is 11.9 Å². The van der Waals surface area contributed by atoms with Gasteiger partial charge < -0.3 is 15.4 Å². The van der Waals surface area contributed by atoms with Gasteiger partial charge in [-0.15, -0.1) is 0 Å². The maximum atomic E-state index is 5.04. The molecule has 6 heteroatoms. The first-order valence-electron chi connectivity index (χ1n) is 6.43. The van der Waals surface area contributed by atoms with Gasteiger partial charge in [0.15, 0.2) is 0 Å². The third kappa shape index (κ3) is 5.16. The predicted octanol–water partition coefficient (Wildman–Crippen LogP) is 2.16. The first-order chi connectivity index (χ1) is 8.65. The Morgan fingerprint density at radius 1 is 1.11 bits per heavy atom. The van der Waals surface area contributed by atoms with Crippen LogP contribution in [0.1, 0.15) is 33.6 Å². The first-order valence-corrected chi connectivity index (χ1v) is 6.43. The van der Waals surface area contributed by atoms with Gasteiger partial charge in [0, 0.05) is 13.1 Å². The number of hydrogen-bond donors (Lipinski definition) is 2. The highest BCUT2D eigenvalue weighted by atomic mass is 16.5. The summed E-state index contributed by atoms with van der Waals surface area (Å²) in [5.74, 6) is 1.81. The third-order valence-electron chi connectivity index (χ3n) is 2.37. The monoisotopic (exact) mass is 253 g/mol. The molecule has 0 aliphatic rings. The number of rotatable bonds is 8. The molecule has 2 N–H and O–H groups in total. The van der Waals surface area contributed by atoms with Crippen LogP contribution in [0.4, 0.5) is 11.9 Å². The zero-order chi connectivity index (χ0) is 13.4. The van der Waals surface area contributed by atoms with Crippen LogP contribution in [0.2, 0.25) is 0 Å². The molecule has 102 valence electrons. The van der Waals surface area contributed by atoms with E-state index in [4.69, 9.17) is 4.74 Å². The van der Waals surface area contributed by atoms with Crippen LogP contribution >= 0.6 is 0 Å². The molecule has 1 aromatic rings. The van der Waals surface area contributed by atoms with Crippen molar-refractivity contribution in [2.75, 3.05) is 30.8 Å². The minimum Gasteiger partial charge on any atom is -0.467 e. The summed E-state index contributed by atoms with van der Waals surface area (Å²) >= 11 is 0. The molecular formula is C12H23N5O. The second kappa shape index (κ2) is 7.68. The Hall–Kier alpha value is -1.59. The van der Waals surface area contributed by atoms with Crippen LogP contribution in [0, 0.1) is 5.92 Å². The Bertz CT molecular complexity index is 356. The fourth-order valence-corrected chi connectivity index (χ4v) is 1.47. The van der Waals surface area contributed by atoms with Gasteiger partial charge in [0.1, 0.15) is 0 Å². The summed E-state index contributed by atoms with van der Waals surface area (Å²) in [5, 5.41) is 6.24. The zero-order valence-corrected chi connectivity index (χ0v) is 11.7. The highest BCUT2D eigenvalue weighted by molar-refractivity contribution is 5.35. The van der Waals surface area contributed by atoms with Crippen molar-refractivity contribution in [1.29, 1.82) is 0 Å². The molecule has 18 heavy (non-hydrogen) atoms. The minimum absolute atomic E-state index is 0.326. The average molecular weight is 253 g/mol. The fraction of sp³-hybridized carbons (Fsp3) is 0.750. The molecule has 0 amide bonds. The topological polar surface area (TPSA) is 72.0 Å². The van der Waals surface area contributed by atoms with E-state index in [2.05, 4.69) is 39.4 Å². The van der Waals surface area contributed by atoms with E-state index in [9.17, 15) is 0 Å². The van der Waals surface area contributed by atoms with E-state index in [-0.39, 0.29) is 0 Å². The summed E-state index contributed by atoms with van der Waals surface area (Å²) in [4.78, 5) is 12.5. The maximum absolute atomic E-state index is 5.04. The van der Waals surface area contributed by atoms with Crippen LogP contribution < -0.4 is 15.4 Å². The van der Waals surface area contributed by atoms with Gasteiger partial charge in [0.2, 0.25) is 11.9 Å². The zero-order valence-electron chi connectivity index (χ0n) is 11.7. The van der Waals surface area contributed by atoms with Crippen molar-refractivity contribution in [3.63, 3.8) is 0 Å². The van der Waals surface area contributed by atoms with Gasteiger partial charge in [-0.3, -0.25) is 0 Å². The van der Waals surface area contributed by atoms with Crippen LogP contribution in [-0.4, -0.2) is 35.2 Å². The van der Waals surface area contributed by atoms with E-state index in [1.807, 2.05) is 6.92 Å². The van der Waals surface area contributed by atoms with Gasteiger partial charge in [0.25, 0.3) is 0 Å². The number of anilines is 2. The van der Waals surface area contributed by atoms with Gasteiger partial charge in [0.05, 0.1) is 7.11 Å². The Labute approximate surface area is 109 Å². The average Bonchev–Trinajstić information content (AvgIpc) is 2.34. The molecule has 0 spiro atoms. The molecule has 1 aromatic heterocycles. The van der Waals surface area contributed by atoms with E-state index in [1.54, 1.807) is 7.11 Å². The second-order valence-corrected chi connectivity index (χ2v) is 4.46.